The van der Waals surface area contributed by atoms with Gasteiger partial charge in [0.15, 0.2) is 0 Å². The lowest BCUT2D eigenvalue weighted by Gasteiger charge is -2.32. The fourth-order valence-electron chi connectivity index (χ4n) is 2.08. The van der Waals surface area contributed by atoms with Gasteiger partial charge in [-0.25, -0.2) is 4.98 Å². The SMILES string of the molecule is CCN1CCOC(CNc2ccc(N)c(C)n2)C1. The molecule has 100 valence electrons. The molecule has 0 aliphatic carbocycles. The first-order chi connectivity index (χ1) is 8.69. The lowest BCUT2D eigenvalue weighted by molar-refractivity contribution is -0.0192. The summed E-state index contributed by atoms with van der Waals surface area (Å²) in [6.45, 7) is 8.79. The van der Waals surface area contributed by atoms with Crippen LogP contribution >= 0.6 is 0 Å². The zero-order chi connectivity index (χ0) is 13.0. The first-order valence-corrected chi connectivity index (χ1v) is 6.50. The first kappa shape index (κ1) is 13.1. The predicted molar refractivity (Wildman–Crippen MR) is 73.7 cm³/mol. The summed E-state index contributed by atoms with van der Waals surface area (Å²) in [6, 6.07) is 3.79. The van der Waals surface area contributed by atoms with Crippen LogP contribution in [-0.4, -0.2) is 48.8 Å². The Kier molecular flexibility index (Phi) is 4.38. The van der Waals surface area contributed by atoms with Crippen molar-refractivity contribution in [1.29, 1.82) is 0 Å². The Labute approximate surface area is 108 Å². The molecule has 0 bridgehead atoms. The third-order valence-corrected chi connectivity index (χ3v) is 3.31. The summed E-state index contributed by atoms with van der Waals surface area (Å²) in [5.41, 5.74) is 7.33. The van der Waals surface area contributed by atoms with Gasteiger partial charge in [-0.1, -0.05) is 6.92 Å². The molecule has 1 aromatic heterocycles. The first-order valence-electron chi connectivity index (χ1n) is 6.50. The molecule has 0 aromatic carbocycles. The van der Waals surface area contributed by atoms with Gasteiger partial charge in [0, 0.05) is 19.6 Å². The number of aromatic nitrogens is 1. The van der Waals surface area contributed by atoms with E-state index in [9.17, 15) is 0 Å². The summed E-state index contributed by atoms with van der Waals surface area (Å²) in [4.78, 5) is 6.79. The van der Waals surface area contributed by atoms with E-state index in [1.54, 1.807) is 0 Å². The summed E-state index contributed by atoms with van der Waals surface area (Å²) < 4.78 is 5.73. The van der Waals surface area contributed by atoms with E-state index in [0.29, 0.717) is 0 Å². The van der Waals surface area contributed by atoms with Crippen molar-refractivity contribution in [2.24, 2.45) is 0 Å². The Morgan fingerprint density at radius 2 is 2.39 bits per heavy atom. The number of pyridine rings is 1. The molecule has 5 heteroatoms. The van der Waals surface area contributed by atoms with Crippen LogP contribution in [0.25, 0.3) is 0 Å². The van der Waals surface area contributed by atoms with Gasteiger partial charge >= 0.3 is 0 Å². The number of nitrogen functional groups attached to an aromatic ring is 1. The van der Waals surface area contributed by atoms with Crippen molar-refractivity contribution < 1.29 is 4.74 Å². The fraction of sp³-hybridized carbons (Fsp3) is 0.615. The van der Waals surface area contributed by atoms with E-state index in [2.05, 4.69) is 22.1 Å². The number of morpholine rings is 1. The smallest absolute Gasteiger partial charge is 0.126 e. The Balaban J connectivity index is 1.85. The second-order valence-corrected chi connectivity index (χ2v) is 4.64. The summed E-state index contributed by atoms with van der Waals surface area (Å²) in [6.07, 6.45) is 0.235. The molecule has 1 saturated heterocycles. The monoisotopic (exact) mass is 250 g/mol. The highest BCUT2D eigenvalue weighted by Gasteiger charge is 2.18. The molecule has 1 aliphatic rings. The van der Waals surface area contributed by atoms with Gasteiger partial charge in [0.1, 0.15) is 5.82 Å². The number of nitrogens with two attached hydrogens (primary N) is 1. The standard InChI is InChI=1S/C13H22N4O/c1-3-17-6-7-18-11(9-17)8-15-13-5-4-12(14)10(2)16-13/h4-5,11H,3,6-9,14H2,1-2H3,(H,15,16). The average Bonchev–Trinajstić information content (AvgIpc) is 2.40. The molecule has 1 atom stereocenters. The van der Waals surface area contributed by atoms with Crippen molar-refractivity contribution in [3.8, 4) is 0 Å². The van der Waals surface area contributed by atoms with Crippen LogP contribution in [0, 0.1) is 6.92 Å². The van der Waals surface area contributed by atoms with Gasteiger partial charge in [-0.15, -0.1) is 0 Å². The number of hydrogen-bond acceptors (Lipinski definition) is 5. The Morgan fingerprint density at radius 1 is 1.56 bits per heavy atom. The van der Waals surface area contributed by atoms with Crippen LogP contribution in [0.2, 0.25) is 0 Å². The zero-order valence-corrected chi connectivity index (χ0v) is 11.1. The number of aryl methyl sites for hydroxylation is 1. The highest BCUT2D eigenvalue weighted by molar-refractivity contribution is 5.49. The van der Waals surface area contributed by atoms with E-state index in [1.165, 1.54) is 0 Å². The Hall–Kier alpha value is -1.33. The minimum Gasteiger partial charge on any atom is -0.397 e. The van der Waals surface area contributed by atoms with Crippen LogP contribution < -0.4 is 11.1 Å². The quantitative estimate of drug-likeness (QED) is 0.838. The second-order valence-electron chi connectivity index (χ2n) is 4.64. The summed E-state index contributed by atoms with van der Waals surface area (Å²) in [5.74, 6) is 0.860. The number of hydrogen-bond donors (Lipinski definition) is 2. The normalized spacial score (nSPS) is 20.9. The van der Waals surface area contributed by atoms with Gasteiger partial charge in [0.25, 0.3) is 0 Å². The molecule has 1 fully saturated rings. The van der Waals surface area contributed by atoms with Crippen molar-refractivity contribution in [3.05, 3.63) is 17.8 Å². The topological polar surface area (TPSA) is 63.4 Å². The number of likely N-dealkylation sites (N-methyl/N-ethyl adjacent to an activating group) is 1. The highest BCUT2D eigenvalue weighted by atomic mass is 16.5. The molecule has 0 spiro atoms. The zero-order valence-electron chi connectivity index (χ0n) is 11.1. The second kappa shape index (κ2) is 6.02. The van der Waals surface area contributed by atoms with Crippen LogP contribution in [0.1, 0.15) is 12.6 Å². The van der Waals surface area contributed by atoms with Crippen molar-refractivity contribution in [3.63, 3.8) is 0 Å². The van der Waals surface area contributed by atoms with E-state index in [0.717, 1.165) is 50.0 Å². The number of nitrogens with zero attached hydrogens (tertiary/aromatic N) is 2. The molecule has 0 amide bonds. The molecule has 3 N–H and O–H groups in total. The van der Waals surface area contributed by atoms with Gasteiger partial charge in [-0.2, -0.15) is 0 Å². The fourth-order valence-corrected chi connectivity index (χ4v) is 2.08. The van der Waals surface area contributed by atoms with E-state index in [4.69, 9.17) is 10.5 Å². The largest absolute Gasteiger partial charge is 0.397 e. The molecular weight excluding hydrogens is 228 g/mol. The number of ether oxygens (including phenoxy) is 1. The molecule has 5 nitrogen and oxygen atoms in total. The van der Waals surface area contributed by atoms with E-state index in [1.807, 2.05) is 19.1 Å². The summed E-state index contributed by atoms with van der Waals surface area (Å²) in [7, 11) is 0. The van der Waals surface area contributed by atoms with Gasteiger partial charge in [-0.05, 0) is 25.6 Å². The predicted octanol–water partition coefficient (Wildman–Crippen LogP) is 1.10. The van der Waals surface area contributed by atoms with Gasteiger partial charge in [0.2, 0.25) is 0 Å². The maximum absolute atomic E-state index is 5.74. The van der Waals surface area contributed by atoms with Gasteiger partial charge in [-0.3, -0.25) is 4.90 Å². The van der Waals surface area contributed by atoms with Crippen LogP contribution in [0.4, 0.5) is 11.5 Å². The third-order valence-electron chi connectivity index (χ3n) is 3.31. The molecular formula is C13H22N4O. The maximum atomic E-state index is 5.74. The van der Waals surface area contributed by atoms with Gasteiger partial charge < -0.3 is 15.8 Å². The molecule has 1 aromatic rings. The minimum absolute atomic E-state index is 0.235. The van der Waals surface area contributed by atoms with Crippen molar-refractivity contribution in [2.75, 3.05) is 43.8 Å². The van der Waals surface area contributed by atoms with Crippen LogP contribution in [0.3, 0.4) is 0 Å². The summed E-state index contributed by atoms with van der Waals surface area (Å²) in [5, 5.41) is 3.31. The van der Waals surface area contributed by atoms with Crippen molar-refractivity contribution in [2.45, 2.75) is 20.0 Å². The molecule has 2 rings (SSSR count). The van der Waals surface area contributed by atoms with Crippen LogP contribution in [0.5, 0.6) is 0 Å². The molecule has 2 heterocycles. The minimum atomic E-state index is 0.235. The lowest BCUT2D eigenvalue weighted by Crippen LogP contribution is -2.45. The number of nitrogens with one attached hydrogen (secondary N) is 1. The van der Waals surface area contributed by atoms with Gasteiger partial charge in [0.05, 0.1) is 24.1 Å². The van der Waals surface area contributed by atoms with Crippen LogP contribution in [-0.2, 0) is 4.74 Å². The molecule has 0 radical (unpaired) electrons. The van der Waals surface area contributed by atoms with Crippen LogP contribution in [0.15, 0.2) is 12.1 Å². The molecule has 1 unspecified atom stereocenters. The van der Waals surface area contributed by atoms with E-state index in [-0.39, 0.29) is 6.10 Å². The van der Waals surface area contributed by atoms with Crippen molar-refractivity contribution in [1.82, 2.24) is 9.88 Å². The molecule has 18 heavy (non-hydrogen) atoms. The molecule has 0 saturated carbocycles. The van der Waals surface area contributed by atoms with Crippen molar-refractivity contribution >= 4 is 11.5 Å². The highest BCUT2D eigenvalue weighted by Crippen LogP contribution is 2.12. The maximum Gasteiger partial charge on any atom is 0.126 e. The number of rotatable bonds is 4. The summed E-state index contributed by atoms with van der Waals surface area (Å²) >= 11 is 0. The lowest BCUT2D eigenvalue weighted by atomic mass is 10.2. The Bertz CT molecular complexity index is 397. The third kappa shape index (κ3) is 3.34. The Morgan fingerprint density at radius 3 is 3.11 bits per heavy atom. The van der Waals surface area contributed by atoms with E-state index >= 15 is 0 Å². The average molecular weight is 250 g/mol. The number of anilines is 2. The molecule has 1 aliphatic heterocycles. The van der Waals surface area contributed by atoms with E-state index < -0.39 is 0 Å².